The van der Waals surface area contributed by atoms with Gasteiger partial charge in [-0.3, -0.25) is 0 Å². The molecule has 1 atom stereocenters. The average Bonchev–Trinajstić information content (AvgIpc) is 2.29. The van der Waals surface area contributed by atoms with Gasteiger partial charge in [0.1, 0.15) is 5.44 Å². The molecule has 0 bridgehead atoms. The molecule has 0 fully saturated rings. The predicted molar refractivity (Wildman–Crippen MR) is 60.9 cm³/mol. The summed E-state index contributed by atoms with van der Waals surface area (Å²) in [5.74, 6) is 0. The maximum atomic E-state index is 5.69. The minimum atomic E-state index is 0.167. The Bertz CT molecular complexity index is 329. The predicted octanol–water partition coefficient (Wildman–Crippen LogP) is 3.35. The molecule has 1 heterocycles. The topological polar surface area (TPSA) is 9.23 Å². The van der Waals surface area contributed by atoms with Crippen molar-refractivity contribution in [1.82, 2.24) is 0 Å². The maximum absolute atomic E-state index is 5.69. The van der Waals surface area contributed by atoms with Gasteiger partial charge < -0.3 is 4.74 Å². The van der Waals surface area contributed by atoms with E-state index < -0.39 is 0 Å². The van der Waals surface area contributed by atoms with E-state index in [1.165, 1.54) is 5.56 Å². The third-order valence-electron chi connectivity index (χ3n) is 1.93. The number of benzene rings is 1. The Balaban J connectivity index is 1.83. The summed E-state index contributed by atoms with van der Waals surface area (Å²) in [6.45, 7) is 0.677. The van der Waals surface area contributed by atoms with Gasteiger partial charge in [-0.25, -0.2) is 0 Å². The van der Waals surface area contributed by atoms with Crippen LogP contribution in [0.15, 0.2) is 54.0 Å². The first-order valence-corrected chi connectivity index (χ1v) is 5.54. The Morgan fingerprint density at radius 1 is 1.14 bits per heavy atom. The van der Waals surface area contributed by atoms with Gasteiger partial charge in [-0.05, 0) is 17.0 Å². The van der Waals surface area contributed by atoms with Crippen LogP contribution in [0.3, 0.4) is 0 Å². The molecule has 2 heteroatoms. The molecule has 0 N–H and O–H groups in total. The Hall–Kier alpha value is -0.990. The van der Waals surface area contributed by atoms with Crippen LogP contribution in [-0.2, 0) is 11.3 Å². The van der Waals surface area contributed by atoms with Gasteiger partial charge in [0.2, 0.25) is 0 Å². The summed E-state index contributed by atoms with van der Waals surface area (Å²) in [5, 5.41) is 2.05. The fraction of sp³-hybridized carbons (Fsp3) is 0.167. The minimum absolute atomic E-state index is 0.167. The monoisotopic (exact) mass is 204 g/mol. The number of allylic oxidation sites excluding steroid dienone is 2. The first-order chi connectivity index (χ1) is 6.95. The second-order valence-electron chi connectivity index (χ2n) is 3.01. The highest BCUT2D eigenvalue weighted by molar-refractivity contribution is 8.02. The molecule has 1 aromatic carbocycles. The van der Waals surface area contributed by atoms with Crippen molar-refractivity contribution in [2.45, 2.75) is 12.0 Å². The molecule has 0 aliphatic carbocycles. The van der Waals surface area contributed by atoms with Gasteiger partial charge in [-0.2, -0.15) is 0 Å². The summed E-state index contributed by atoms with van der Waals surface area (Å²) < 4.78 is 5.69. The molecule has 1 aromatic rings. The second-order valence-corrected chi connectivity index (χ2v) is 4.02. The van der Waals surface area contributed by atoms with Crippen LogP contribution < -0.4 is 0 Å². The van der Waals surface area contributed by atoms with Crippen LogP contribution >= 0.6 is 11.8 Å². The Morgan fingerprint density at radius 2 is 2.00 bits per heavy atom. The highest BCUT2D eigenvalue weighted by Gasteiger charge is 2.05. The molecule has 0 spiro atoms. The van der Waals surface area contributed by atoms with E-state index in [0.717, 1.165) is 0 Å². The van der Waals surface area contributed by atoms with E-state index in [1.807, 2.05) is 30.4 Å². The lowest BCUT2D eigenvalue weighted by molar-refractivity contribution is 0.127. The normalized spacial score (nSPS) is 19.9. The van der Waals surface area contributed by atoms with Crippen molar-refractivity contribution >= 4 is 11.8 Å². The van der Waals surface area contributed by atoms with Crippen molar-refractivity contribution in [3.8, 4) is 0 Å². The molecule has 1 aliphatic heterocycles. The van der Waals surface area contributed by atoms with Gasteiger partial charge in [-0.15, -0.1) is 0 Å². The zero-order chi connectivity index (χ0) is 9.64. The molecule has 0 radical (unpaired) electrons. The lowest BCUT2D eigenvalue weighted by Crippen LogP contribution is -2.05. The number of ether oxygens (including phenoxy) is 1. The number of rotatable bonds is 3. The van der Waals surface area contributed by atoms with Crippen molar-refractivity contribution in [2.75, 3.05) is 0 Å². The molecular weight excluding hydrogens is 192 g/mol. The lowest BCUT2D eigenvalue weighted by Gasteiger charge is -2.13. The minimum Gasteiger partial charge on any atom is -0.358 e. The Labute approximate surface area is 88.5 Å². The maximum Gasteiger partial charge on any atom is 0.126 e. The summed E-state index contributed by atoms with van der Waals surface area (Å²) in [5.41, 5.74) is 1.39. The van der Waals surface area contributed by atoms with Crippen LogP contribution in [0.2, 0.25) is 0 Å². The summed E-state index contributed by atoms with van der Waals surface area (Å²) in [7, 11) is 0. The highest BCUT2D eigenvalue weighted by atomic mass is 32.2. The van der Waals surface area contributed by atoms with E-state index >= 15 is 0 Å². The van der Waals surface area contributed by atoms with Crippen molar-refractivity contribution in [3.05, 3.63) is 59.5 Å². The van der Waals surface area contributed by atoms with Crippen LogP contribution in [0, 0.1) is 0 Å². The molecule has 72 valence electrons. The smallest absolute Gasteiger partial charge is 0.126 e. The Morgan fingerprint density at radius 3 is 2.71 bits per heavy atom. The van der Waals surface area contributed by atoms with E-state index in [1.54, 1.807) is 11.8 Å². The van der Waals surface area contributed by atoms with E-state index in [9.17, 15) is 0 Å². The molecule has 0 aromatic heterocycles. The zero-order valence-corrected chi connectivity index (χ0v) is 8.61. The van der Waals surface area contributed by atoms with Crippen molar-refractivity contribution in [3.63, 3.8) is 0 Å². The average molecular weight is 204 g/mol. The second kappa shape index (κ2) is 5.03. The van der Waals surface area contributed by atoms with Crippen molar-refractivity contribution < 1.29 is 4.74 Å². The molecule has 0 saturated carbocycles. The van der Waals surface area contributed by atoms with Gasteiger partial charge >= 0.3 is 0 Å². The van der Waals surface area contributed by atoms with Crippen LogP contribution in [-0.4, -0.2) is 5.44 Å². The third kappa shape index (κ3) is 2.76. The number of hydrogen-bond acceptors (Lipinski definition) is 2. The fourth-order valence-corrected chi connectivity index (χ4v) is 1.88. The van der Waals surface area contributed by atoms with Crippen LogP contribution in [0.4, 0.5) is 0 Å². The third-order valence-corrected chi connectivity index (χ3v) is 2.80. The van der Waals surface area contributed by atoms with Gasteiger partial charge in [0, 0.05) is 0 Å². The van der Waals surface area contributed by atoms with Crippen molar-refractivity contribution in [2.24, 2.45) is 0 Å². The fourth-order valence-electron chi connectivity index (χ4n) is 1.22. The highest BCUT2D eigenvalue weighted by Crippen LogP contribution is 2.20. The van der Waals surface area contributed by atoms with E-state index in [0.29, 0.717) is 6.61 Å². The summed E-state index contributed by atoms with van der Waals surface area (Å²) >= 11 is 1.69. The molecule has 1 aliphatic rings. The quantitative estimate of drug-likeness (QED) is 0.746. The van der Waals surface area contributed by atoms with Crippen molar-refractivity contribution in [1.29, 1.82) is 0 Å². The molecule has 2 rings (SSSR count). The molecule has 14 heavy (non-hydrogen) atoms. The van der Waals surface area contributed by atoms with Gasteiger partial charge in [0.05, 0.1) is 6.61 Å². The molecule has 1 nitrogen and oxygen atoms in total. The van der Waals surface area contributed by atoms with Crippen LogP contribution in [0.1, 0.15) is 5.56 Å². The summed E-state index contributed by atoms with van der Waals surface area (Å²) in [6.07, 6.45) is 6.10. The first kappa shape index (κ1) is 9.56. The van der Waals surface area contributed by atoms with Crippen LogP contribution in [0.25, 0.3) is 0 Å². The first-order valence-electron chi connectivity index (χ1n) is 4.59. The summed E-state index contributed by atoms with van der Waals surface area (Å²) in [4.78, 5) is 0. The Kier molecular flexibility index (Phi) is 3.44. The SMILES string of the molecule is C1=CSC(OCc2ccccc2)C=C1. The van der Waals surface area contributed by atoms with E-state index in [2.05, 4.69) is 23.6 Å². The molecule has 0 amide bonds. The van der Waals surface area contributed by atoms with Gasteiger partial charge in [-0.1, -0.05) is 54.2 Å². The summed E-state index contributed by atoms with van der Waals surface area (Å²) in [6, 6.07) is 10.2. The number of hydrogen-bond donors (Lipinski definition) is 0. The molecule has 1 unspecified atom stereocenters. The zero-order valence-electron chi connectivity index (χ0n) is 7.80. The molecular formula is C12H12OS. The standard InChI is InChI=1S/C12H12OS/c1-2-6-11(7-3-1)10-13-12-8-4-5-9-14-12/h1-9,12H,10H2. The van der Waals surface area contributed by atoms with Gasteiger partial charge in [0.15, 0.2) is 0 Å². The van der Waals surface area contributed by atoms with Gasteiger partial charge in [0.25, 0.3) is 0 Å². The van der Waals surface area contributed by atoms with Crippen LogP contribution in [0.5, 0.6) is 0 Å². The van der Waals surface area contributed by atoms with E-state index in [-0.39, 0.29) is 5.44 Å². The van der Waals surface area contributed by atoms with E-state index in [4.69, 9.17) is 4.74 Å². The lowest BCUT2D eigenvalue weighted by atomic mass is 10.2. The number of thioether (sulfide) groups is 1. The molecule has 0 saturated heterocycles. The largest absolute Gasteiger partial charge is 0.358 e.